The number of hydrogen-bond acceptors (Lipinski definition) is 7. The van der Waals surface area contributed by atoms with Crippen molar-refractivity contribution in [2.45, 2.75) is 30.9 Å². The van der Waals surface area contributed by atoms with Crippen LogP contribution in [-0.2, 0) is 6.61 Å². The molecule has 10 heteroatoms. The normalized spacial score (nSPS) is 11.8. The molecule has 4 rings (SSSR count). The second-order valence-electron chi connectivity index (χ2n) is 8.15. The van der Waals surface area contributed by atoms with Gasteiger partial charge in [-0.25, -0.2) is 0 Å². The molecule has 0 radical (unpaired) electrons. The highest BCUT2D eigenvalue weighted by Crippen LogP contribution is 2.39. The van der Waals surface area contributed by atoms with Crippen molar-refractivity contribution < 1.29 is 14.4 Å². The summed E-state index contributed by atoms with van der Waals surface area (Å²) in [5.41, 5.74) is 3.68. The van der Waals surface area contributed by atoms with Crippen LogP contribution in [0.3, 0.4) is 0 Å². The average molecular weight is 525 g/mol. The molecule has 186 valence electrons. The van der Waals surface area contributed by atoms with Crippen molar-refractivity contribution in [1.29, 1.82) is 0 Å². The number of rotatable bonds is 10. The second kappa shape index (κ2) is 11.5. The maximum Gasteiger partial charge on any atom is 0.220 e. The summed E-state index contributed by atoms with van der Waals surface area (Å²) in [6.07, 6.45) is 0. The molecule has 0 saturated carbocycles. The van der Waals surface area contributed by atoms with E-state index in [1.165, 1.54) is 11.8 Å². The molecule has 1 heterocycles. The Morgan fingerprint density at radius 2 is 1.83 bits per heavy atom. The number of halogens is 1. The molecule has 0 spiro atoms. The Morgan fingerprint density at radius 1 is 1.06 bits per heavy atom. The maximum atomic E-state index is 11.6. The molecular weight excluding hydrogens is 500 g/mol. The summed E-state index contributed by atoms with van der Waals surface area (Å²) in [7, 11) is 1.54. The zero-order chi connectivity index (χ0) is 25.7. The van der Waals surface area contributed by atoms with Gasteiger partial charge in [0.05, 0.1) is 7.11 Å². The molecule has 0 saturated heterocycles. The number of aryl methyl sites for hydroxylation is 2. The fraction of sp³-hybridized carbons (Fsp3) is 0.231. The van der Waals surface area contributed by atoms with Crippen molar-refractivity contribution in [2.24, 2.45) is 0 Å². The molecule has 3 aromatic carbocycles. The first kappa shape index (κ1) is 25.5. The van der Waals surface area contributed by atoms with Gasteiger partial charge in [0.1, 0.15) is 17.7 Å². The average Bonchev–Trinajstić information content (AvgIpc) is 3.22. The molecule has 36 heavy (non-hydrogen) atoms. The molecule has 0 aliphatic heterocycles. The van der Waals surface area contributed by atoms with Crippen LogP contribution in [0.1, 0.15) is 27.8 Å². The number of hydrogen-bond donors (Lipinski definition) is 0. The Kier molecular flexibility index (Phi) is 8.12. The molecule has 1 aromatic heterocycles. The maximum absolute atomic E-state index is 11.6. The van der Waals surface area contributed by atoms with E-state index in [9.17, 15) is 10.1 Å². The molecular formula is C26H25ClN4O4S. The van der Waals surface area contributed by atoms with E-state index < -0.39 is 5.25 Å². The number of nitro groups is 1. The van der Waals surface area contributed by atoms with Gasteiger partial charge < -0.3 is 9.47 Å². The van der Waals surface area contributed by atoms with Gasteiger partial charge in [0, 0.05) is 15.6 Å². The topological polar surface area (TPSA) is 92.3 Å². The lowest BCUT2D eigenvalue weighted by molar-refractivity contribution is -0.479. The Labute approximate surface area is 218 Å². The lowest BCUT2D eigenvalue weighted by Crippen LogP contribution is -2.11. The summed E-state index contributed by atoms with van der Waals surface area (Å²) in [6.45, 7) is 3.91. The largest absolute Gasteiger partial charge is 0.493 e. The van der Waals surface area contributed by atoms with Crippen molar-refractivity contribution in [3.05, 3.63) is 104 Å². The van der Waals surface area contributed by atoms with Gasteiger partial charge in [0.15, 0.2) is 16.7 Å². The molecule has 0 aliphatic carbocycles. The van der Waals surface area contributed by atoms with E-state index in [0.717, 1.165) is 22.4 Å². The number of ether oxygens (including phenoxy) is 2. The highest BCUT2D eigenvalue weighted by atomic mass is 35.5. The summed E-state index contributed by atoms with van der Waals surface area (Å²) < 4.78 is 13.4. The van der Waals surface area contributed by atoms with Gasteiger partial charge >= 0.3 is 0 Å². The zero-order valence-corrected chi connectivity index (χ0v) is 21.6. The van der Waals surface area contributed by atoms with E-state index in [0.29, 0.717) is 34.1 Å². The molecule has 0 amide bonds. The van der Waals surface area contributed by atoms with Gasteiger partial charge in [0.25, 0.3) is 0 Å². The first-order valence-electron chi connectivity index (χ1n) is 11.2. The van der Waals surface area contributed by atoms with Crippen LogP contribution in [0.4, 0.5) is 0 Å². The molecule has 8 nitrogen and oxygen atoms in total. The fourth-order valence-electron chi connectivity index (χ4n) is 3.70. The van der Waals surface area contributed by atoms with E-state index in [2.05, 4.69) is 10.2 Å². The number of benzene rings is 3. The molecule has 4 aromatic rings. The molecule has 0 fully saturated rings. The first-order valence-corrected chi connectivity index (χ1v) is 12.4. The van der Waals surface area contributed by atoms with Crippen molar-refractivity contribution in [3.63, 3.8) is 0 Å². The Balaban J connectivity index is 1.60. The van der Waals surface area contributed by atoms with E-state index in [-0.39, 0.29) is 11.5 Å². The van der Waals surface area contributed by atoms with E-state index >= 15 is 0 Å². The highest BCUT2D eigenvalue weighted by Gasteiger charge is 2.25. The number of aromatic nitrogens is 3. The smallest absolute Gasteiger partial charge is 0.220 e. The van der Waals surface area contributed by atoms with Gasteiger partial charge in [-0.3, -0.25) is 14.7 Å². The van der Waals surface area contributed by atoms with Gasteiger partial charge in [-0.2, -0.15) is 0 Å². The summed E-state index contributed by atoms with van der Waals surface area (Å²) in [5.74, 6) is 1.73. The van der Waals surface area contributed by atoms with E-state index in [1.807, 2.05) is 60.9 Å². The summed E-state index contributed by atoms with van der Waals surface area (Å²) in [5, 5.41) is 20.8. The molecule has 0 unspecified atom stereocenters. The van der Waals surface area contributed by atoms with Crippen LogP contribution in [0.2, 0.25) is 5.02 Å². The van der Waals surface area contributed by atoms with Crippen LogP contribution in [0.25, 0.3) is 5.69 Å². The summed E-state index contributed by atoms with van der Waals surface area (Å²) >= 11 is 7.24. The zero-order valence-electron chi connectivity index (χ0n) is 20.1. The fourth-order valence-corrected chi connectivity index (χ4v) is 4.99. The van der Waals surface area contributed by atoms with Crippen molar-refractivity contribution in [3.8, 4) is 17.2 Å². The van der Waals surface area contributed by atoms with Crippen LogP contribution in [0.5, 0.6) is 11.5 Å². The van der Waals surface area contributed by atoms with Crippen LogP contribution < -0.4 is 9.47 Å². The van der Waals surface area contributed by atoms with Crippen LogP contribution in [0, 0.1) is 24.0 Å². The number of methoxy groups -OCH3 is 1. The minimum atomic E-state index is -0.522. The standard InChI is InChI=1S/C26H25ClN4O4S/c1-17-5-4-6-22(13-17)31-18(2)28-29-26(31)36-25(15-30(32)33)20-9-12-23(24(14-20)34-3)35-16-19-7-10-21(27)11-8-19/h4-14,25H,15-16H2,1-3H3/t25-/m0/s1. The number of nitrogens with zero attached hydrogens (tertiary/aromatic N) is 4. The third kappa shape index (κ3) is 6.16. The Morgan fingerprint density at radius 3 is 2.53 bits per heavy atom. The van der Waals surface area contributed by atoms with Crippen LogP contribution in [0.15, 0.2) is 71.9 Å². The highest BCUT2D eigenvalue weighted by molar-refractivity contribution is 7.99. The Hall–Kier alpha value is -3.56. The van der Waals surface area contributed by atoms with Crippen molar-refractivity contribution >= 4 is 23.4 Å². The van der Waals surface area contributed by atoms with Crippen molar-refractivity contribution in [2.75, 3.05) is 13.7 Å². The SMILES string of the molecule is COc1cc([C@H](C[N+](=O)[O-])Sc2nnc(C)n2-c2cccc(C)c2)ccc1OCc1ccc(Cl)cc1. The summed E-state index contributed by atoms with van der Waals surface area (Å²) in [4.78, 5) is 11.2. The first-order chi connectivity index (χ1) is 17.3. The molecule has 1 atom stereocenters. The minimum absolute atomic E-state index is 0.293. The molecule has 0 bridgehead atoms. The third-order valence-corrected chi connectivity index (χ3v) is 6.92. The van der Waals surface area contributed by atoms with Gasteiger partial charge in [-0.05, 0) is 66.9 Å². The predicted molar refractivity (Wildman–Crippen MR) is 140 cm³/mol. The van der Waals surface area contributed by atoms with Gasteiger partial charge in [-0.15, -0.1) is 10.2 Å². The van der Waals surface area contributed by atoms with Gasteiger partial charge in [-0.1, -0.05) is 53.7 Å². The summed E-state index contributed by atoms with van der Waals surface area (Å²) in [6, 6.07) is 20.7. The van der Waals surface area contributed by atoms with Crippen LogP contribution in [-0.4, -0.2) is 33.3 Å². The van der Waals surface area contributed by atoms with E-state index in [4.69, 9.17) is 21.1 Å². The van der Waals surface area contributed by atoms with Crippen LogP contribution >= 0.6 is 23.4 Å². The van der Waals surface area contributed by atoms with Crippen molar-refractivity contribution in [1.82, 2.24) is 14.8 Å². The second-order valence-corrected chi connectivity index (χ2v) is 9.76. The van der Waals surface area contributed by atoms with Gasteiger partial charge in [0.2, 0.25) is 6.54 Å². The monoisotopic (exact) mass is 524 g/mol. The number of thioether (sulfide) groups is 1. The Bertz CT molecular complexity index is 1360. The predicted octanol–water partition coefficient (Wildman–Crippen LogP) is 6.24. The lowest BCUT2D eigenvalue weighted by atomic mass is 10.1. The lowest BCUT2D eigenvalue weighted by Gasteiger charge is -2.17. The van der Waals surface area contributed by atoms with E-state index in [1.54, 1.807) is 31.4 Å². The minimum Gasteiger partial charge on any atom is -0.493 e. The molecule has 0 N–H and O–H groups in total. The third-order valence-electron chi connectivity index (χ3n) is 5.48. The quantitative estimate of drug-likeness (QED) is 0.138. The molecule has 0 aliphatic rings.